The van der Waals surface area contributed by atoms with E-state index in [9.17, 15) is 4.79 Å². The largest absolute Gasteiger partial charge is 0.489 e. The molecule has 2 aromatic rings. The number of amides is 1. The standard InChI is InChI=1S/C24H32N4O3/c1-15-6-7-19-21(28(15)24(29)30-2)9-8-18(22(19)31-17-4-3-5-17)20-14-26-23(27-20)16-10-12-25-13-11-16/h8-9,14-17,25H,3-7,10-13H2,1-2H3,(H,26,27)/t15-/m0/s1. The molecule has 0 spiro atoms. The van der Waals surface area contributed by atoms with E-state index in [-0.39, 0.29) is 18.2 Å². The van der Waals surface area contributed by atoms with E-state index in [1.807, 2.05) is 12.3 Å². The first-order valence-electron chi connectivity index (χ1n) is 11.6. The molecule has 1 aliphatic carbocycles. The van der Waals surface area contributed by atoms with Gasteiger partial charge >= 0.3 is 6.09 Å². The minimum Gasteiger partial charge on any atom is -0.489 e. The Morgan fingerprint density at radius 2 is 1.97 bits per heavy atom. The van der Waals surface area contributed by atoms with Crippen molar-refractivity contribution in [2.45, 2.75) is 69.9 Å². The number of anilines is 1. The fraction of sp³-hybridized carbons (Fsp3) is 0.583. The highest BCUT2D eigenvalue weighted by Gasteiger charge is 2.34. The van der Waals surface area contributed by atoms with Crippen molar-refractivity contribution in [1.29, 1.82) is 0 Å². The van der Waals surface area contributed by atoms with Gasteiger partial charge in [-0.05, 0) is 77.1 Å². The molecule has 2 aliphatic heterocycles. The summed E-state index contributed by atoms with van der Waals surface area (Å²) < 4.78 is 11.6. The second-order valence-corrected chi connectivity index (χ2v) is 9.03. The average Bonchev–Trinajstić information content (AvgIpc) is 3.26. The Labute approximate surface area is 183 Å². The molecule has 1 saturated heterocycles. The zero-order chi connectivity index (χ0) is 21.4. The molecular formula is C24H32N4O3. The molecule has 1 amide bonds. The van der Waals surface area contributed by atoms with E-state index < -0.39 is 0 Å². The Morgan fingerprint density at radius 1 is 1.16 bits per heavy atom. The maximum absolute atomic E-state index is 12.5. The predicted molar refractivity (Wildman–Crippen MR) is 120 cm³/mol. The van der Waals surface area contributed by atoms with Gasteiger partial charge < -0.3 is 19.8 Å². The van der Waals surface area contributed by atoms with Crippen LogP contribution >= 0.6 is 0 Å². The van der Waals surface area contributed by atoms with Crippen molar-refractivity contribution in [3.8, 4) is 17.0 Å². The van der Waals surface area contributed by atoms with Gasteiger partial charge in [-0.15, -0.1) is 0 Å². The fourth-order valence-electron chi connectivity index (χ4n) is 4.95. The molecule has 0 unspecified atom stereocenters. The van der Waals surface area contributed by atoms with Crippen LogP contribution in [0.3, 0.4) is 0 Å². The normalized spacial score (nSPS) is 22.0. The van der Waals surface area contributed by atoms with Crippen molar-refractivity contribution in [3.63, 3.8) is 0 Å². The Balaban J connectivity index is 1.54. The van der Waals surface area contributed by atoms with Gasteiger partial charge in [0.2, 0.25) is 0 Å². The Morgan fingerprint density at radius 3 is 2.68 bits per heavy atom. The lowest BCUT2D eigenvalue weighted by Gasteiger charge is -2.36. The van der Waals surface area contributed by atoms with Crippen LogP contribution in [-0.2, 0) is 11.2 Å². The fourth-order valence-corrected chi connectivity index (χ4v) is 4.95. The quantitative estimate of drug-likeness (QED) is 0.761. The topological polar surface area (TPSA) is 79.5 Å². The summed E-state index contributed by atoms with van der Waals surface area (Å²) in [6.45, 7) is 4.15. The third-order valence-electron chi connectivity index (χ3n) is 7.06. The van der Waals surface area contributed by atoms with E-state index in [2.05, 4.69) is 23.3 Å². The summed E-state index contributed by atoms with van der Waals surface area (Å²) in [6.07, 6.45) is 9.30. The summed E-state index contributed by atoms with van der Waals surface area (Å²) >= 11 is 0. The lowest BCUT2D eigenvalue weighted by atomic mass is 9.92. The molecule has 166 valence electrons. The summed E-state index contributed by atoms with van der Waals surface area (Å²) in [4.78, 5) is 22.7. The molecular weight excluding hydrogens is 392 g/mol. The van der Waals surface area contributed by atoms with Crippen molar-refractivity contribution < 1.29 is 14.3 Å². The highest BCUT2D eigenvalue weighted by Crippen LogP contribution is 2.44. The van der Waals surface area contributed by atoms with E-state index in [1.165, 1.54) is 13.5 Å². The molecule has 3 aliphatic rings. The van der Waals surface area contributed by atoms with Gasteiger partial charge in [-0.1, -0.05) is 0 Å². The smallest absolute Gasteiger partial charge is 0.414 e. The van der Waals surface area contributed by atoms with Crippen molar-refractivity contribution in [2.24, 2.45) is 0 Å². The van der Waals surface area contributed by atoms with E-state index in [0.717, 1.165) is 85.7 Å². The highest BCUT2D eigenvalue weighted by atomic mass is 16.5. The van der Waals surface area contributed by atoms with Crippen molar-refractivity contribution in [1.82, 2.24) is 15.3 Å². The van der Waals surface area contributed by atoms with Crippen LogP contribution in [0.5, 0.6) is 5.75 Å². The van der Waals surface area contributed by atoms with E-state index in [1.54, 1.807) is 4.90 Å². The second-order valence-electron chi connectivity index (χ2n) is 9.03. The number of hydrogen-bond donors (Lipinski definition) is 2. The van der Waals surface area contributed by atoms with Gasteiger partial charge in [0.25, 0.3) is 0 Å². The number of H-pyrrole nitrogens is 1. The summed E-state index contributed by atoms with van der Waals surface area (Å²) in [7, 11) is 1.44. The van der Waals surface area contributed by atoms with E-state index >= 15 is 0 Å². The van der Waals surface area contributed by atoms with Gasteiger partial charge in [0.15, 0.2) is 0 Å². The van der Waals surface area contributed by atoms with Crippen molar-refractivity contribution in [2.75, 3.05) is 25.1 Å². The van der Waals surface area contributed by atoms with Gasteiger partial charge in [0, 0.05) is 29.3 Å². The lowest BCUT2D eigenvalue weighted by Crippen LogP contribution is -2.42. The van der Waals surface area contributed by atoms with Gasteiger partial charge in [-0.3, -0.25) is 4.90 Å². The lowest BCUT2D eigenvalue weighted by molar-refractivity contribution is 0.119. The Bertz CT molecular complexity index is 946. The number of imidazole rings is 1. The SMILES string of the molecule is COC(=O)N1c2ccc(-c3c[nH]c(C4CCNCC4)n3)c(OC3CCC3)c2CC[C@@H]1C. The number of aromatic amines is 1. The molecule has 1 saturated carbocycles. The molecule has 5 rings (SSSR count). The van der Waals surface area contributed by atoms with Gasteiger partial charge in [-0.25, -0.2) is 9.78 Å². The molecule has 31 heavy (non-hydrogen) atoms. The number of carbonyl (C=O) groups excluding carboxylic acids is 1. The number of nitrogens with one attached hydrogen (secondary N) is 2. The van der Waals surface area contributed by atoms with Gasteiger partial charge in [-0.2, -0.15) is 0 Å². The van der Waals surface area contributed by atoms with Crippen molar-refractivity contribution >= 4 is 11.8 Å². The average molecular weight is 425 g/mol. The van der Waals surface area contributed by atoms with E-state index in [0.29, 0.717) is 5.92 Å². The summed E-state index contributed by atoms with van der Waals surface area (Å²) in [5, 5.41) is 3.42. The maximum Gasteiger partial charge on any atom is 0.414 e. The van der Waals surface area contributed by atoms with Crippen LogP contribution in [0.25, 0.3) is 11.3 Å². The minimum absolute atomic E-state index is 0.0965. The number of rotatable bonds is 4. The zero-order valence-corrected chi connectivity index (χ0v) is 18.4. The van der Waals surface area contributed by atoms with Gasteiger partial charge in [0.1, 0.15) is 11.6 Å². The first kappa shape index (κ1) is 20.4. The number of methoxy groups -OCH3 is 1. The molecule has 0 bridgehead atoms. The molecule has 0 radical (unpaired) electrons. The number of benzene rings is 1. The van der Waals surface area contributed by atoms with Crippen LogP contribution in [0.4, 0.5) is 10.5 Å². The first-order valence-corrected chi connectivity index (χ1v) is 11.6. The number of ether oxygens (including phenoxy) is 2. The summed E-state index contributed by atoms with van der Waals surface area (Å²) in [5.74, 6) is 2.43. The van der Waals surface area contributed by atoms with Crippen LogP contribution in [0, 0.1) is 0 Å². The first-order chi connectivity index (χ1) is 15.2. The van der Waals surface area contributed by atoms with Crippen LogP contribution < -0.4 is 15.0 Å². The summed E-state index contributed by atoms with van der Waals surface area (Å²) in [5.41, 5.74) is 3.94. The number of piperidine rings is 1. The van der Waals surface area contributed by atoms with Crippen LogP contribution in [0.1, 0.15) is 62.8 Å². The molecule has 1 aromatic heterocycles. The molecule has 7 heteroatoms. The van der Waals surface area contributed by atoms with Crippen LogP contribution in [-0.4, -0.2) is 48.4 Å². The Kier molecular flexibility index (Phi) is 5.61. The van der Waals surface area contributed by atoms with Crippen LogP contribution in [0.15, 0.2) is 18.3 Å². The highest BCUT2D eigenvalue weighted by molar-refractivity contribution is 5.92. The minimum atomic E-state index is -0.316. The van der Waals surface area contributed by atoms with Crippen molar-refractivity contribution in [3.05, 3.63) is 29.7 Å². The van der Waals surface area contributed by atoms with E-state index in [4.69, 9.17) is 14.5 Å². The molecule has 1 aromatic carbocycles. The number of hydrogen-bond acceptors (Lipinski definition) is 5. The second kappa shape index (κ2) is 8.54. The number of carbonyl (C=O) groups is 1. The maximum atomic E-state index is 12.5. The van der Waals surface area contributed by atoms with Gasteiger partial charge in [0.05, 0.1) is 24.6 Å². The third-order valence-corrected chi connectivity index (χ3v) is 7.06. The number of nitrogens with zero attached hydrogens (tertiary/aromatic N) is 2. The van der Waals surface area contributed by atoms with Crippen LogP contribution in [0.2, 0.25) is 0 Å². The zero-order valence-electron chi connectivity index (χ0n) is 18.4. The molecule has 3 heterocycles. The molecule has 1 atom stereocenters. The summed E-state index contributed by atoms with van der Waals surface area (Å²) in [6, 6.07) is 4.19. The number of fused-ring (bicyclic) bond motifs is 1. The predicted octanol–water partition coefficient (Wildman–Crippen LogP) is 4.38. The molecule has 2 N–H and O–H groups in total. The molecule has 2 fully saturated rings. The Hall–Kier alpha value is -2.54. The molecule has 7 nitrogen and oxygen atoms in total. The third kappa shape index (κ3) is 3.80. The monoisotopic (exact) mass is 424 g/mol. The number of aromatic nitrogens is 2.